The Balaban J connectivity index is 2.85. The zero-order valence-corrected chi connectivity index (χ0v) is 9.04. The third-order valence-corrected chi connectivity index (χ3v) is 2.94. The molecule has 0 N–H and O–H groups in total. The van der Waals surface area contributed by atoms with Gasteiger partial charge in [0.1, 0.15) is 0 Å². The fourth-order valence-corrected chi connectivity index (χ4v) is 1.19. The van der Waals surface area contributed by atoms with E-state index in [-0.39, 0.29) is 5.54 Å². The van der Waals surface area contributed by atoms with E-state index in [1.807, 2.05) is 19.2 Å². The quantitative estimate of drug-likeness (QED) is 0.694. The van der Waals surface area contributed by atoms with Crippen LogP contribution in [0.3, 0.4) is 0 Å². The van der Waals surface area contributed by atoms with Crippen molar-refractivity contribution in [3.05, 3.63) is 24.5 Å². The maximum Gasteiger partial charge on any atom is 0.0477 e. The molecule has 72 valence electrons. The molecule has 2 nitrogen and oxygen atoms in total. The van der Waals surface area contributed by atoms with Crippen molar-refractivity contribution in [2.45, 2.75) is 19.4 Å². The van der Waals surface area contributed by atoms with Gasteiger partial charge in [-0.2, -0.15) is 0 Å². The first kappa shape index (κ1) is 10.3. The second-order valence-electron chi connectivity index (χ2n) is 3.71. The number of halogens is 1. The van der Waals surface area contributed by atoms with Gasteiger partial charge in [-0.1, -0.05) is 0 Å². The Bertz CT molecular complexity index is 259. The van der Waals surface area contributed by atoms with Gasteiger partial charge in [0.25, 0.3) is 0 Å². The lowest BCUT2D eigenvalue weighted by molar-refractivity contribution is 0.545. The molecule has 0 bridgehead atoms. The molecule has 0 saturated carbocycles. The third-order valence-electron chi connectivity index (χ3n) is 2.29. The van der Waals surface area contributed by atoms with Gasteiger partial charge in [0.2, 0.25) is 0 Å². The highest BCUT2D eigenvalue weighted by Crippen LogP contribution is 2.21. The molecule has 1 aromatic rings. The zero-order valence-electron chi connectivity index (χ0n) is 8.29. The maximum atomic E-state index is 5.88. The molecule has 0 spiro atoms. The molecular weight excluding hydrogens is 184 g/mol. The van der Waals surface area contributed by atoms with Crippen LogP contribution in [0, 0.1) is 0 Å². The molecule has 13 heavy (non-hydrogen) atoms. The third kappa shape index (κ3) is 2.34. The maximum absolute atomic E-state index is 5.88. The number of nitrogens with zero attached hydrogens (tertiary/aromatic N) is 2. The summed E-state index contributed by atoms with van der Waals surface area (Å²) in [6.45, 7) is 4.22. The molecule has 1 heterocycles. The van der Waals surface area contributed by atoms with E-state index in [1.165, 1.54) is 0 Å². The number of alkyl halides is 1. The Morgan fingerprint density at radius 3 is 2.38 bits per heavy atom. The minimum atomic E-state index is -0.0249. The normalized spacial score (nSPS) is 11.4. The molecule has 0 atom stereocenters. The summed E-state index contributed by atoms with van der Waals surface area (Å²) >= 11 is 5.88. The van der Waals surface area contributed by atoms with Crippen LogP contribution in [0.4, 0.5) is 5.69 Å². The van der Waals surface area contributed by atoms with Crippen LogP contribution >= 0.6 is 11.6 Å². The second kappa shape index (κ2) is 3.97. The summed E-state index contributed by atoms with van der Waals surface area (Å²) < 4.78 is 0. The van der Waals surface area contributed by atoms with Gasteiger partial charge in [-0.25, -0.2) is 0 Å². The molecule has 0 aliphatic rings. The van der Waals surface area contributed by atoms with Crippen LogP contribution < -0.4 is 4.90 Å². The van der Waals surface area contributed by atoms with Gasteiger partial charge in [0.15, 0.2) is 0 Å². The molecule has 0 amide bonds. The molecule has 0 fully saturated rings. The summed E-state index contributed by atoms with van der Waals surface area (Å²) in [6, 6.07) is 3.96. The zero-order chi connectivity index (χ0) is 9.90. The monoisotopic (exact) mass is 198 g/mol. The van der Waals surface area contributed by atoms with E-state index >= 15 is 0 Å². The first-order valence-corrected chi connectivity index (χ1v) is 4.81. The van der Waals surface area contributed by atoms with Crippen molar-refractivity contribution in [1.82, 2.24) is 4.98 Å². The second-order valence-corrected chi connectivity index (χ2v) is 3.98. The van der Waals surface area contributed by atoms with Crippen molar-refractivity contribution in [3.63, 3.8) is 0 Å². The van der Waals surface area contributed by atoms with E-state index in [4.69, 9.17) is 11.6 Å². The average molecular weight is 199 g/mol. The molecule has 0 aromatic carbocycles. The number of pyridine rings is 1. The average Bonchev–Trinajstić information content (AvgIpc) is 2.18. The van der Waals surface area contributed by atoms with E-state index < -0.39 is 0 Å². The first-order valence-electron chi connectivity index (χ1n) is 4.28. The van der Waals surface area contributed by atoms with Crippen molar-refractivity contribution >= 4 is 17.3 Å². The van der Waals surface area contributed by atoms with Gasteiger partial charge in [0, 0.05) is 36.5 Å². The smallest absolute Gasteiger partial charge is 0.0477 e. The lowest BCUT2D eigenvalue weighted by Gasteiger charge is -2.35. The number of hydrogen-bond donors (Lipinski definition) is 0. The van der Waals surface area contributed by atoms with Crippen LogP contribution in [0.25, 0.3) is 0 Å². The molecule has 1 aromatic heterocycles. The molecule has 0 aliphatic carbocycles. The summed E-state index contributed by atoms with van der Waals surface area (Å²) in [5, 5.41) is 0. The molecule has 1 rings (SSSR count). The highest BCUT2D eigenvalue weighted by Gasteiger charge is 2.22. The van der Waals surface area contributed by atoms with Gasteiger partial charge >= 0.3 is 0 Å². The fraction of sp³-hybridized carbons (Fsp3) is 0.500. The van der Waals surface area contributed by atoms with Crippen LogP contribution in [-0.2, 0) is 0 Å². The SMILES string of the molecule is CN(c1ccncc1)C(C)(C)CCl. The van der Waals surface area contributed by atoms with Gasteiger partial charge in [-0.15, -0.1) is 11.6 Å². The van der Waals surface area contributed by atoms with Crippen LogP contribution in [0.2, 0.25) is 0 Å². The summed E-state index contributed by atoms with van der Waals surface area (Å²) in [5.74, 6) is 0.603. The topological polar surface area (TPSA) is 16.1 Å². The van der Waals surface area contributed by atoms with Gasteiger partial charge in [0.05, 0.1) is 0 Å². The minimum Gasteiger partial charge on any atom is -0.368 e. The Morgan fingerprint density at radius 2 is 1.92 bits per heavy atom. The van der Waals surface area contributed by atoms with Gasteiger partial charge < -0.3 is 4.90 Å². The van der Waals surface area contributed by atoms with Crippen LogP contribution in [-0.4, -0.2) is 23.5 Å². The lowest BCUT2D eigenvalue weighted by Crippen LogP contribution is -2.42. The predicted octanol–water partition coefficient (Wildman–Crippen LogP) is 2.54. The summed E-state index contributed by atoms with van der Waals surface area (Å²) in [4.78, 5) is 6.13. The van der Waals surface area contributed by atoms with Crippen LogP contribution in [0.15, 0.2) is 24.5 Å². The Hall–Kier alpha value is -0.760. The Labute approximate surface area is 84.5 Å². The fourth-order valence-electron chi connectivity index (χ4n) is 1.01. The largest absolute Gasteiger partial charge is 0.368 e. The summed E-state index contributed by atoms with van der Waals surface area (Å²) in [7, 11) is 2.04. The first-order chi connectivity index (χ1) is 6.08. The highest BCUT2D eigenvalue weighted by molar-refractivity contribution is 6.18. The van der Waals surface area contributed by atoms with Gasteiger partial charge in [-0.05, 0) is 26.0 Å². The van der Waals surface area contributed by atoms with E-state index in [0.717, 1.165) is 5.69 Å². The predicted molar refractivity (Wildman–Crippen MR) is 57.4 cm³/mol. The molecule has 0 radical (unpaired) electrons. The van der Waals surface area contributed by atoms with Crippen molar-refractivity contribution in [2.24, 2.45) is 0 Å². The number of rotatable bonds is 3. The van der Waals surface area contributed by atoms with Crippen molar-refractivity contribution in [1.29, 1.82) is 0 Å². The molecule has 3 heteroatoms. The van der Waals surface area contributed by atoms with Crippen LogP contribution in [0.1, 0.15) is 13.8 Å². The molecule has 0 unspecified atom stereocenters. The number of hydrogen-bond acceptors (Lipinski definition) is 2. The van der Waals surface area contributed by atoms with Gasteiger partial charge in [-0.3, -0.25) is 4.98 Å². The molecule has 0 aliphatic heterocycles. The van der Waals surface area contributed by atoms with Crippen molar-refractivity contribution in [2.75, 3.05) is 17.8 Å². The summed E-state index contributed by atoms with van der Waals surface area (Å²) in [6.07, 6.45) is 3.58. The molecular formula is C10H15ClN2. The van der Waals surface area contributed by atoms with Crippen molar-refractivity contribution < 1.29 is 0 Å². The van der Waals surface area contributed by atoms with Crippen molar-refractivity contribution in [3.8, 4) is 0 Å². The summed E-state index contributed by atoms with van der Waals surface area (Å²) in [5.41, 5.74) is 1.11. The highest BCUT2D eigenvalue weighted by atomic mass is 35.5. The Morgan fingerprint density at radius 1 is 1.38 bits per heavy atom. The van der Waals surface area contributed by atoms with E-state index in [0.29, 0.717) is 5.88 Å². The molecule has 0 saturated heterocycles. The van der Waals surface area contributed by atoms with E-state index in [2.05, 4.69) is 23.7 Å². The standard InChI is InChI=1S/C10H15ClN2/c1-10(2,8-11)13(3)9-4-6-12-7-5-9/h4-7H,8H2,1-3H3. The minimum absolute atomic E-state index is 0.0249. The lowest BCUT2D eigenvalue weighted by atomic mass is 10.1. The number of aromatic nitrogens is 1. The van der Waals surface area contributed by atoms with E-state index in [1.54, 1.807) is 12.4 Å². The number of anilines is 1. The Kier molecular flexibility index (Phi) is 3.15. The van der Waals surface area contributed by atoms with E-state index in [9.17, 15) is 0 Å². The van der Waals surface area contributed by atoms with Crippen LogP contribution in [0.5, 0.6) is 0 Å².